The Hall–Kier alpha value is -1.80. The van der Waals surface area contributed by atoms with Gasteiger partial charge < -0.3 is 10.1 Å². The van der Waals surface area contributed by atoms with Gasteiger partial charge in [0.2, 0.25) is 0 Å². The molecule has 0 aromatic heterocycles. The normalized spacial score (nSPS) is 17.3. The van der Waals surface area contributed by atoms with E-state index in [0.717, 1.165) is 31.6 Å². The molecule has 0 amide bonds. The molecule has 1 N–H and O–H groups in total. The molecule has 110 valence electrons. The van der Waals surface area contributed by atoms with E-state index < -0.39 is 0 Å². The van der Waals surface area contributed by atoms with E-state index in [9.17, 15) is 0 Å². The van der Waals surface area contributed by atoms with Gasteiger partial charge in [-0.15, -0.1) is 0 Å². The average molecular weight is 281 g/mol. The fraction of sp³-hybridized carbons (Fsp3) is 0.368. The van der Waals surface area contributed by atoms with Crippen molar-refractivity contribution in [3.05, 3.63) is 64.7 Å². The fourth-order valence-electron chi connectivity index (χ4n) is 3.22. The number of rotatable bonds is 4. The SMILES string of the molecule is CCc1cc2c(cc1OC)CCNC2Cc1ccccc1. The predicted octanol–water partition coefficient (Wildman–Crippen LogP) is 3.69. The maximum absolute atomic E-state index is 5.54. The molecule has 2 nitrogen and oxygen atoms in total. The van der Waals surface area contributed by atoms with Gasteiger partial charge in [0.1, 0.15) is 5.75 Å². The van der Waals surface area contributed by atoms with Gasteiger partial charge in [0.25, 0.3) is 0 Å². The first-order chi connectivity index (χ1) is 10.3. The van der Waals surface area contributed by atoms with Gasteiger partial charge in [-0.3, -0.25) is 0 Å². The van der Waals surface area contributed by atoms with E-state index in [1.54, 1.807) is 7.11 Å². The van der Waals surface area contributed by atoms with Crippen LogP contribution in [0.1, 0.15) is 35.2 Å². The number of ether oxygens (including phenoxy) is 1. The average Bonchev–Trinajstić information content (AvgIpc) is 2.55. The molecule has 1 unspecified atom stereocenters. The Balaban J connectivity index is 1.93. The van der Waals surface area contributed by atoms with Gasteiger partial charge in [-0.25, -0.2) is 0 Å². The summed E-state index contributed by atoms with van der Waals surface area (Å²) in [4.78, 5) is 0. The van der Waals surface area contributed by atoms with Crippen molar-refractivity contribution >= 4 is 0 Å². The Bertz CT molecular complexity index is 606. The number of hydrogen-bond donors (Lipinski definition) is 1. The molecular formula is C19H23NO. The minimum Gasteiger partial charge on any atom is -0.496 e. The molecule has 0 bridgehead atoms. The van der Waals surface area contributed by atoms with Gasteiger partial charge in [-0.1, -0.05) is 43.3 Å². The molecule has 1 heterocycles. The van der Waals surface area contributed by atoms with E-state index in [4.69, 9.17) is 4.74 Å². The maximum Gasteiger partial charge on any atom is 0.122 e. The smallest absolute Gasteiger partial charge is 0.122 e. The van der Waals surface area contributed by atoms with Gasteiger partial charge in [-0.05, 0) is 54.1 Å². The molecule has 0 fully saturated rings. The van der Waals surface area contributed by atoms with Crippen LogP contribution in [-0.2, 0) is 19.3 Å². The second-order valence-corrected chi connectivity index (χ2v) is 5.66. The highest BCUT2D eigenvalue weighted by Crippen LogP contribution is 2.32. The van der Waals surface area contributed by atoms with Gasteiger partial charge in [0.05, 0.1) is 7.11 Å². The fourth-order valence-corrected chi connectivity index (χ4v) is 3.22. The molecule has 2 heteroatoms. The third-order valence-corrected chi connectivity index (χ3v) is 4.37. The van der Waals surface area contributed by atoms with Gasteiger partial charge in [0, 0.05) is 6.04 Å². The van der Waals surface area contributed by atoms with Crippen molar-refractivity contribution in [2.24, 2.45) is 0 Å². The molecule has 2 aromatic rings. The quantitative estimate of drug-likeness (QED) is 0.923. The first-order valence-electron chi connectivity index (χ1n) is 7.78. The minimum atomic E-state index is 0.410. The van der Waals surface area contributed by atoms with Crippen LogP contribution < -0.4 is 10.1 Å². The Labute approximate surface area is 127 Å². The summed E-state index contributed by atoms with van der Waals surface area (Å²) in [6.07, 6.45) is 3.14. The molecule has 3 rings (SSSR count). The van der Waals surface area contributed by atoms with Crippen molar-refractivity contribution in [2.75, 3.05) is 13.7 Å². The highest BCUT2D eigenvalue weighted by molar-refractivity contribution is 5.45. The third-order valence-electron chi connectivity index (χ3n) is 4.37. The van der Waals surface area contributed by atoms with E-state index in [0.29, 0.717) is 6.04 Å². The Kier molecular flexibility index (Phi) is 4.26. The number of hydrogen-bond acceptors (Lipinski definition) is 2. The zero-order valence-electron chi connectivity index (χ0n) is 12.9. The van der Waals surface area contributed by atoms with Crippen molar-refractivity contribution in [3.63, 3.8) is 0 Å². The lowest BCUT2D eigenvalue weighted by Crippen LogP contribution is -2.31. The van der Waals surface area contributed by atoms with Crippen LogP contribution in [-0.4, -0.2) is 13.7 Å². The minimum absolute atomic E-state index is 0.410. The second-order valence-electron chi connectivity index (χ2n) is 5.66. The topological polar surface area (TPSA) is 21.3 Å². The monoisotopic (exact) mass is 281 g/mol. The van der Waals surface area contributed by atoms with Crippen LogP contribution in [0.5, 0.6) is 5.75 Å². The molecule has 2 aromatic carbocycles. The second kappa shape index (κ2) is 6.31. The summed E-state index contributed by atoms with van der Waals surface area (Å²) < 4.78 is 5.54. The largest absolute Gasteiger partial charge is 0.496 e. The number of aryl methyl sites for hydroxylation is 1. The summed E-state index contributed by atoms with van der Waals surface area (Å²) in [5.74, 6) is 1.04. The zero-order valence-corrected chi connectivity index (χ0v) is 12.9. The number of benzene rings is 2. The predicted molar refractivity (Wildman–Crippen MR) is 87.0 cm³/mol. The molecule has 0 spiro atoms. The Morgan fingerprint density at radius 3 is 2.71 bits per heavy atom. The summed E-state index contributed by atoms with van der Waals surface area (Å²) >= 11 is 0. The summed E-state index contributed by atoms with van der Waals surface area (Å²) in [5.41, 5.74) is 5.57. The molecule has 0 radical (unpaired) electrons. The summed E-state index contributed by atoms with van der Waals surface area (Å²) in [7, 11) is 1.77. The summed E-state index contributed by atoms with van der Waals surface area (Å²) in [6.45, 7) is 3.23. The van der Waals surface area contributed by atoms with Crippen LogP contribution in [0.3, 0.4) is 0 Å². The summed E-state index contributed by atoms with van der Waals surface area (Å²) in [5, 5.41) is 3.67. The van der Waals surface area contributed by atoms with Gasteiger partial charge >= 0.3 is 0 Å². The van der Waals surface area contributed by atoms with Crippen LogP contribution in [0.2, 0.25) is 0 Å². The third kappa shape index (κ3) is 2.96. The van der Waals surface area contributed by atoms with Crippen LogP contribution >= 0.6 is 0 Å². The maximum atomic E-state index is 5.54. The molecule has 21 heavy (non-hydrogen) atoms. The van der Waals surface area contributed by atoms with Crippen LogP contribution in [0.4, 0.5) is 0 Å². The van der Waals surface area contributed by atoms with E-state index in [1.165, 1.54) is 22.3 Å². The zero-order chi connectivity index (χ0) is 14.7. The number of methoxy groups -OCH3 is 1. The summed E-state index contributed by atoms with van der Waals surface area (Å²) in [6, 6.07) is 15.7. The molecular weight excluding hydrogens is 258 g/mol. The molecule has 0 saturated heterocycles. The first kappa shape index (κ1) is 14.2. The van der Waals surface area contributed by atoms with Crippen LogP contribution in [0.25, 0.3) is 0 Å². The molecule has 1 aliphatic heterocycles. The molecule has 1 atom stereocenters. The molecule has 0 saturated carbocycles. The highest BCUT2D eigenvalue weighted by atomic mass is 16.5. The van der Waals surface area contributed by atoms with Crippen molar-refractivity contribution in [1.29, 1.82) is 0 Å². The lowest BCUT2D eigenvalue weighted by molar-refractivity contribution is 0.407. The Morgan fingerprint density at radius 2 is 2.00 bits per heavy atom. The van der Waals surface area contributed by atoms with E-state index >= 15 is 0 Å². The highest BCUT2D eigenvalue weighted by Gasteiger charge is 2.21. The van der Waals surface area contributed by atoms with Gasteiger partial charge in [0.15, 0.2) is 0 Å². The van der Waals surface area contributed by atoms with Crippen LogP contribution in [0, 0.1) is 0 Å². The van der Waals surface area contributed by atoms with E-state index in [-0.39, 0.29) is 0 Å². The van der Waals surface area contributed by atoms with E-state index in [1.807, 2.05) is 0 Å². The lowest BCUT2D eigenvalue weighted by Gasteiger charge is -2.28. The standard InChI is InChI=1S/C19H23NO/c1-3-15-12-17-16(13-19(15)21-2)9-10-20-18(17)11-14-7-5-4-6-8-14/h4-8,12-13,18,20H,3,9-11H2,1-2H3. The number of nitrogens with one attached hydrogen (secondary N) is 1. The molecule has 1 aliphatic rings. The van der Waals surface area contributed by atoms with E-state index in [2.05, 4.69) is 54.7 Å². The van der Waals surface area contributed by atoms with Crippen molar-refractivity contribution < 1.29 is 4.74 Å². The first-order valence-corrected chi connectivity index (χ1v) is 7.78. The van der Waals surface area contributed by atoms with Gasteiger partial charge in [-0.2, -0.15) is 0 Å². The van der Waals surface area contributed by atoms with Crippen molar-refractivity contribution in [1.82, 2.24) is 5.32 Å². The van der Waals surface area contributed by atoms with Crippen LogP contribution in [0.15, 0.2) is 42.5 Å². The van der Waals surface area contributed by atoms with Crippen molar-refractivity contribution in [3.8, 4) is 5.75 Å². The Morgan fingerprint density at radius 1 is 1.19 bits per heavy atom. The number of fused-ring (bicyclic) bond motifs is 1. The lowest BCUT2D eigenvalue weighted by atomic mass is 9.88. The molecule has 0 aliphatic carbocycles. The van der Waals surface area contributed by atoms with Crippen molar-refractivity contribution in [2.45, 2.75) is 32.2 Å².